The van der Waals surface area contributed by atoms with Gasteiger partial charge in [0.05, 0.1) is 0 Å². The van der Waals surface area contributed by atoms with Crippen molar-refractivity contribution in [2.75, 3.05) is 21.3 Å². The first-order valence-electron chi connectivity index (χ1n) is 4.37. The van der Waals surface area contributed by atoms with E-state index in [0.717, 1.165) is 0 Å². The van der Waals surface area contributed by atoms with Crippen LogP contribution in [0.25, 0.3) is 0 Å². The van der Waals surface area contributed by atoms with Crippen LogP contribution in [0.15, 0.2) is 0 Å². The van der Waals surface area contributed by atoms with Crippen LogP contribution in [0.3, 0.4) is 0 Å². The van der Waals surface area contributed by atoms with Gasteiger partial charge in [-0.25, -0.2) is 0 Å². The van der Waals surface area contributed by atoms with Gasteiger partial charge in [-0.1, -0.05) is 20.8 Å². The summed E-state index contributed by atoms with van der Waals surface area (Å²) in [5.74, 6) is 0. The smallest absolute Gasteiger partial charge is 0.831 e. The van der Waals surface area contributed by atoms with E-state index in [4.69, 9.17) is 0 Å². The van der Waals surface area contributed by atoms with E-state index in [1.165, 1.54) is 42.1 Å². The van der Waals surface area contributed by atoms with Crippen LogP contribution in [-0.2, 0) is 14.2 Å². The van der Waals surface area contributed by atoms with Crippen LogP contribution in [0.4, 0.5) is 0 Å². The average Bonchev–Trinajstić information content (AvgIpc) is 2.19. The van der Waals surface area contributed by atoms with Crippen molar-refractivity contribution in [3.63, 3.8) is 0 Å². The van der Waals surface area contributed by atoms with E-state index in [-0.39, 0.29) is 26.2 Å². The van der Waals surface area contributed by atoms with Crippen LogP contribution in [0.2, 0.25) is 0 Å². The fourth-order valence-corrected chi connectivity index (χ4v) is 0. The van der Waals surface area contributed by atoms with E-state index in [1.54, 1.807) is 0 Å². The minimum atomic E-state index is -0.866. The molecule has 98 valence electrons. The Kier molecular flexibility index (Phi) is 33.4. The predicted octanol–water partition coefficient (Wildman–Crippen LogP) is -2.36. The molecule has 0 aliphatic rings. The van der Waals surface area contributed by atoms with Crippen LogP contribution >= 0.6 is 0 Å². The van der Waals surface area contributed by atoms with Crippen molar-refractivity contribution < 1.29 is 29.5 Å². The molecule has 0 N–H and O–H groups in total. The number of methoxy groups -OCH3 is 3. The predicted molar refractivity (Wildman–Crippen MR) is 55.2 cm³/mol. The van der Waals surface area contributed by atoms with Gasteiger partial charge in [-0.3, -0.25) is 0 Å². The third-order valence-electron chi connectivity index (χ3n) is 0.996. The Hall–Kier alpha value is 0.643. The van der Waals surface area contributed by atoms with Crippen LogP contribution in [0.1, 0.15) is 20.8 Å². The van der Waals surface area contributed by atoms with Crippen LogP contribution in [0.5, 0.6) is 0 Å². The number of hydrogen-bond acceptors (Lipinski definition) is 6. The molecule has 0 fully saturated rings. The molecule has 0 saturated carbocycles. The Morgan fingerprint density at radius 3 is 0.688 bits per heavy atom. The first kappa shape index (κ1) is 25.5. The summed E-state index contributed by atoms with van der Waals surface area (Å²) in [6.07, 6.45) is -2.60. The number of ether oxygens (including phenoxy) is 3. The zero-order valence-corrected chi connectivity index (χ0v) is 14.1. The van der Waals surface area contributed by atoms with Crippen molar-refractivity contribution in [3.8, 4) is 0 Å². The largest absolute Gasteiger partial charge is 3.00 e. The zero-order chi connectivity index (χ0) is 12.9. The molecule has 0 heterocycles. The topological polar surface area (TPSA) is 96.9 Å². The summed E-state index contributed by atoms with van der Waals surface area (Å²) < 4.78 is 12.6. The Labute approximate surface area is 117 Å². The number of hydrogen-bond donors (Lipinski definition) is 0. The second-order valence-corrected chi connectivity index (χ2v) is 2.41. The minimum absolute atomic E-state index is 0. The molecule has 0 aromatic rings. The monoisotopic (exact) mass is 434 g/mol. The summed E-state index contributed by atoms with van der Waals surface area (Å²) in [5.41, 5.74) is 0. The van der Waals surface area contributed by atoms with Gasteiger partial charge in [0, 0.05) is 21.3 Å². The van der Waals surface area contributed by atoms with E-state index in [0.29, 0.717) is 0 Å². The molecule has 0 saturated heterocycles. The van der Waals surface area contributed by atoms with Gasteiger partial charge >= 0.3 is 26.2 Å². The second-order valence-electron chi connectivity index (χ2n) is 2.41. The summed E-state index contributed by atoms with van der Waals surface area (Å²) in [5, 5.41) is 29.0. The molecule has 3 atom stereocenters. The van der Waals surface area contributed by atoms with Crippen molar-refractivity contribution in [1.29, 1.82) is 0 Å². The normalized spacial score (nSPS) is 14.1. The van der Waals surface area contributed by atoms with E-state index in [9.17, 15) is 15.3 Å². The van der Waals surface area contributed by atoms with Gasteiger partial charge in [-0.05, 0) is 18.9 Å². The third-order valence-corrected chi connectivity index (χ3v) is 0.996. The SMILES string of the molecule is COC(C)[O-].COC(C)[O-].COC(C)[O-].[Bi+3]. The van der Waals surface area contributed by atoms with Crippen LogP contribution in [-0.4, -0.2) is 66.4 Å². The Balaban J connectivity index is -0.0000000655. The fraction of sp³-hybridized carbons (Fsp3) is 1.00. The minimum Gasteiger partial charge on any atom is -0.831 e. The average molecular weight is 434 g/mol. The van der Waals surface area contributed by atoms with Gasteiger partial charge in [0.25, 0.3) is 0 Å². The fourth-order valence-electron chi connectivity index (χ4n) is 0. The van der Waals surface area contributed by atoms with E-state index < -0.39 is 18.9 Å². The second kappa shape index (κ2) is 21.0. The maximum Gasteiger partial charge on any atom is 3.00 e. The summed E-state index contributed by atoms with van der Waals surface area (Å²) in [4.78, 5) is 0. The molecule has 0 aliphatic heterocycles. The molecular formula is C9H21BiO6. The molecule has 16 heavy (non-hydrogen) atoms. The Bertz CT molecular complexity index is 81.0. The van der Waals surface area contributed by atoms with Crippen molar-refractivity contribution in [1.82, 2.24) is 0 Å². The van der Waals surface area contributed by atoms with Crippen molar-refractivity contribution >= 4 is 26.2 Å². The Morgan fingerprint density at radius 2 is 0.688 bits per heavy atom. The van der Waals surface area contributed by atoms with Gasteiger partial charge in [-0.2, -0.15) is 0 Å². The van der Waals surface area contributed by atoms with E-state index >= 15 is 0 Å². The number of rotatable bonds is 3. The molecule has 0 rings (SSSR count). The molecule has 3 unspecified atom stereocenters. The van der Waals surface area contributed by atoms with Crippen molar-refractivity contribution in [2.24, 2.45) is 0 Å². The molecule has 0 spiro atoms. The summed E-state index contributed by atoms with van der Waals surface area (Å²) >= 11 is 0. The van der Waals surface area contributed by atoms with Gasteiger partial charge < -0.3 is 29.5 Å². The molecule has 0 aromatic heterocycles. The maximum atomic E-state index is 9.67. The Morgan fingerprint density at radius 1 is 0.625 bits per heavy atom. The molecule has 0 amide bonds. The molecule has 0 bridgehead atoms. The maximum absolute atomic E-state index is 9.67. The molecule has 2 radical (unpaired) electrons. The van der Waals surface area contributed by atoms with E-state index in [1.807, 2.05) is 0 Å². The quantitative estimate of drug-likeness (QED) is 0.364. The van der Waals surface area contributed by atoms with Gasteiger partial charge in [0.2, 0.25) is 0 Å². The standard InChI is InChI=1S/3C3H7O2.Bi/c3*1-3(4)5-2;/h3*3H,1-2H3;/q3*-1;+3. The van der Waals surface area contributed by atoms with Gasteiger partial charge in [0.1, 0.15) is 0 Å². The van der Waals surface area contributed by atoms with Crippen LogP contribution < -0.4 is 15.3 Å². The summed E-state index contributed by atoms with van der Waals surface area (Å²) in [7, 11) is 4.16. The third kappa shape index (κ3) is 61.8. The summed E-state index contributed by atoms with van der Waals surface area (Å²) in [6.45, 7) is 4.33. The van der Waals surface area contributed by atoms with Crippen molar-refractivity contribution in [2.45, 2.75) is 39.6 Å². The molecular weight excluding hydrogens is 413 g/mol. The van der Waals surface area contributed by atoms with E-state index in [2.05, 4.69) is 14.2 Å². The molecule has 6 nitrogen and oxygen atoms in total. The van der Waals surface area contributed by atoms with Gasteiger partial charge in [-0.15, -0.1) is 0 Å². The molecule has 7 heteroatoms. The van der Waals surface area contributed by atoms with Crippen LogP contribution in [0, 0.1) is 0 Å². The summed E-state index contributed by atoms with van der Waals surface area (Å²) in [6, 6.07) is 0. The molecule has 0 aromatic carbocycles. The van der Waals surface area contributed by atoms with Crippen molar-refractivity contribution in [3.05, 3.63) is 0 Å². The van der Waals surface area contributed by atoms with Gasteiger partial charge in [0.15, 0.2) is 0 Å². The first-order valence-corrected chi connectivity index (χ1v) is 4.37. The zero-order valence-electron chi connectivity index (χ0n) is 10.6. The molecule has 0 aliphatic carbocycles. The first-order chi connectivity index (χ1) is 6.81.